The van der Waals surface area contributed by atoms with Crippen LogP contribution in [0.4, 0.5) is 4.39 Å². The summed E-state index contributed by atoms with van der Waals surface area (Å²) < 4.78 is 13.3. The van der Waals surface area contributed by atoms with Crippen molar-refractivity contribution in [2.75, 3.05) is 27.2 Å². The lowest BCUT2D eigenvalue weighted by molar-refractivity contribution is -0.129. The maximum atomic E-state index is 13.3. The van der Waals surface area contributed by atoms with E-state index in [9.17, 15) is 18.8 Å². The van der Waals surface area contributed by atoms with Crippen molar-refractivity contribution >= 4 is 23.8 Å². The minimum absolute atomic E-state index is 0.0482. The second kappa shape index (κ2) is 11.0. The van der Waals surface area contributed by atoms with Crippen molar-refractivity contribution in [3.8, 4) is 0 Å². The maximum absolute atomic E-state index is 13.3. The van der Waals surface area contributed by atoms with E-state index in [1.807, 2.05) is 0 Å². The van der Waals surface area contributed by atoms with E-state index < -0.39 is 11.7 Å². The molecule has 0 aliphatic carbocycles. The van der Waals surface area contributed by atoms with Crippen molar-refractivity contribution in [2.24, 2.45) is 11.5 Å². The fourth-order valence-electron chi connectivity index (χ4n) is 3.13. The normalized spacial score (nSPS) is 15.0. The van der Waals surface area contributed by atoms with Gasteiger partial charge >= 0.3 is 0 Å². The summed E-state index contributed by atoms with van der Waals surface area (Å²) in [6.45, 7) is 0.502. The largest absolute Gasteiger partial charge is 0.398 e. The number of carbonyl (C=O) groups is 3. The lowest BCUT2D eigenvalue weighted by Crippen LogP contribution is -2.41. The maximum Gasteiger partial charge on any atom is 0.244 e. The van der Waals surface area contributed by atoms with Crippen LogP contribution in [0.3, 0.4) is 0 Å². The van der Waals surface area contributed by atoms with E-state index in [-0.39, 0.29) is 30.4 Å². The van der Waals surface area contributed by atoms with E-state index in [2.05, 4.69) is 5.32 Å². The molecule has 0 saturated carbocycles. The van der Waals surface area contributed by atoms with Crippen LogP contribution in [0.15, 0.2) is 53.5 Å². The number of nitrogens with one attached hydrogen (secondary N) is 1. The van der Waals surface area contributed by atoms with Gasteiger partial charge in [-0.3, -0.25) is 14.4 Å². The second-order valence-electron chi connectivity index (χ2n) is 7.38. The molecular weight excluding hydrogens is 401 g/mol. The van der Waals surface area contributed by atoms with Gasteiger partial charge in [-0.25, -0.2) is 4.39 Å². The number of nitrogens with two attached hydrogens (primary N) is 2. The molecule has 0 atom stereocenters. The molecule has 9 heteroatoms. The molecule has 0 radical (unpaired) electrons. The van der Waals surface area contributed by atoms with Gasteiger partial charge in [-0.15, -0.1) is 0 Å². The zero-order valence-electron chi connectivity index (χ0n) is 17.7. The van der Waals surface area contributed by atoms with Crippen molar-refractivity contribution in [3.63, 3.8) is 0 Å². The highest BCUT2D eigenvalue weighted by atomic mass is 19.1. The van der Waals surface area contributed by atoms with Gasteiger partial charge in [-0.1, -0.05) is 12.1 Å². The number of benzene rings is 1. The predicted octanol–water partition coefficient (Wildman–Crippen LogP) is 1.07. The summed E-state index contributed by atoms with van der Waals surface area (Å²) in [5, 5.41) is 2.55. The Labute approximate surface area is 181 Å². The third-order valence-corrected chi connectivity index (χ3v) is 4.80. The number of nitrogens with zero attached hydrogens (tertiary/aromatic N) is 2. The first-order valence-corrected chi connectivity index (χ1v) is 9.82. The minimum Gasteiger partial charge on any atom is -0.398 e. The first-order valence-electron chi connectivity index (χ1n) is 9.82. The van der Waals surface area contributed by atoms with E-state index in [1.165, 1.54) is 29.2 Å². The molecule has 0 bridgehead atoms. The van der Waals surface area contributed by atoms with E-state index in [0.717, 1.165) is 6.29 Å². The second-order valence-corrected chi connectivity index (χ2v) is 7.38. The number of rotatable bonds is 8. The van der Waals surface area contributed by atoms with Gasteiger partial charge < -0.3 is 26.6 Å². The Bertz CT molecular complexity index is 937. The first-order chi connectivity index (χ1) is 14.7. The zero-order valence-corrected chi connectivity index (χ0v) is 17.7. The van der Waals surface area contributed by atoms with Crippen LogP contribution in [-0.2, 0) is 14.4 Å². The zero-order chi connectivity index (χ0) is 23.0. The summed E-state index contributed by atoms with van der Waals surface area (Å²) in [4.78, 5) is 39.2. The van der Waals surface area contributed by atoms with Gasteiger partial charge in [-0.2, -0.15) is 0 Å². The molecule has 2 amide bonds. The highest BCUT2D eigenvalue weighted by molar-refractivity contribution is 5.84. The van der Waals surface area contributed by atoms with Gasteiger partial charge in [0, 0.05) is 43.2 Å². The molecule has 1 aromatic rings. The Kier molecular flexibility index (Phi) is 8.36. The van der Waals surface area contributed by atoms with E-state index in [0.29, 0.717) is 36.2 Å². The average Bonchev–Trinajstić information content (AvgIpc) is 2.72. The van der Waals surface area contributed by atoms with Gasteiger partial charge in [0.2, 0.25) is 11.8 Å². The lowest BCUT2D eigenvalue weighted by atomic mass is 10.0. The molecule has 8 nitrogen and oxygen atoms in total. The van der Waals surface area contributed by atoms with Crippen LogP contribution in [0.2, 0.25) is 0 Å². The topological polar surface area (TPSA) is 122 Å². The van der Waals surface area contributed by atoms with Crippen molar-refractivity contribution in [2.45, 2.75) is 19.3 Å². The Hall–Kier alpha value is -3.62. The first kappa shape index (κ1) is 23.7. The molecule has 0 unspecified atom stereocenters. The quantitative estimate of drug-likeness (QED) is 0.420. The number of hydrogen-bond donors (Lipinski definition) is 3. The van der Waals surface area contributed by atoms with Crippen molar-refractivity contribution < 1.29 is 18.8 Å². The fourth-order valence-corrected chi connectivity index (χ4v) is 3.13. The number of aldehydes is 1. The summed E-state index contributed by atoms with van der Waals surface area (Å²) in [6.07, 6.45) is 4.96. The van der Waals surface area contributed by atoms with Crippen molar-refractivity contribution in [1.82, 2.24) is 15.1 Å². The molecule has 31 heavy (non-hydrogen) atoms. The van der Waals surface area contributed by atoms with E-state index in [1.54, 1.807) is 31.1 Å². The molecule has 0 aromatic heterocycles. The number of hydrogen-bond acceptors (Lipinski definition) is 6. The Morgan fingerprint density at radius 1 is 1.26 bits per heavy atom. The molecule has 1 aromatic carbocycles. The van der Waals surface area contributed by atoms with Gasteiger partial charge in [-0.05, 0) is 37.1 Å². The molecule has 1 aliphatic heterocycles. The average molecular weight is 429 g/mol. The number of allylic oxidation sites excluding steroid dienone is 3. The summed E-state index contributed by atoms with van der Waals surface area (Å²) in [5.41, 5.74) is 13.6. The molecule has 5 N–H and O–H groups in total. The van der Waals surface area contributed by atoms with Crippen LogP contribution >= 0.6 is 0 Å². The van der Waals surface area contributed by atoms with Crippen LogP contribution in [0.25, 0.3) is 5.70 Å². The minimum atomic E-state index is -0.410. The van der Waals surface area contributed by atoms with Gasteiger partial charge in [0.25, 0.3) is 0 Å². The van der Waals surface area contributed by atoms with Crippen molar-refractivity contribution in [1.29, 1.82) is 0 Å². The van der Waals surface area contributed by atoms with E-state index >= 15 is 0 Å². The number of halogens is 1. The monoisotopic (exact) mass is 429 g/mol. The smallest absolute Gasteiger partial charge is 0.244 e. The van der Waals surface area contributed by atoms with Gasteiger partial charge in [0.1, 0.15) is 17.9 Å². The summed E-state index contributed by atoms with van der Waals surface area (Å²) in [7, 11) is 3.27. The Morgan fingerprint density at radius 3 is 2.65 bits per heavy atom. The Balaban J connectivity index is 2.05. The summed E-state index contributed by atoms with van der Waals surface area (Å²) in [6, 6.07) is 5.80. The lowest BCUT2D eigenvalue weighted by Gasteiger charge is -2.32. The van der Waals surface area contributed by atoms with Crippen LogP contribution in [0.1, 0.15) is 24.8 Å². The molecule has 2 rings (SSSR count). The van der Waals surface area contributed by atoms with Crippen molar-refractivity contribution in [3.05, 3.63) is 64.9 Å². The number of carbonyl (C=O) groups excluding carboxylic acids is 3. The fraction of sp³-hybridized carbons (Fsp3) is 0.318. The van der Waals surface area contributed by atoms with Crippen LogP contribution < -0.4 is 16.8 Å². The molecule has 0 spiro atoms. The van der Waals surface area contributed by atoms with Crippen LogP contribution in [0, 0.1) is 5.82 Å². The highest BCUT2D eigenvalue weighted by Gasteiger charge is 2.24. The summed E-state index contributed by atoms with van der Waals surface area (Å²) in [5.74, 6) is -0.897. The summed E-state index contributed by atoms with van der Waals surface area (Å²) >= 11 is 0. The Morgan fingerprint density at radius 2 is 2.00 bits per heavy atom. The number of amides is 2. The van der Waals surface area contributed by atoms with E-state index in [4.69, 9.17) is 11.5 Å². The SMILES string of the molecule is CN(C)C(=O)CC1=C(C=O)CCCN1CC(=O)N/C(N)=C/C=C(\N)c1cccc(F)c1. The third-order valence-electron chi connectivity index (χ3n) is 4.80. The molecule has 0 fully saturated rings. The van der Waals surface area contributed by atoms with Crippen LogP contribution in [0.5, 0.6) is 0 Å². The molecule has 1 heterocycles. The molecule has 0 saturated heterocycles. The molecule has 166 valence electrons. The van der Waals surface area contributed by atoms with Crippen LogP contribution in [-0.4, -0.2) is 55.1 Å². The standard InChI is InChI=1S/C22H28FN5O3/c1-27(2)22(31)12-19-16(14-29)6-4-10-28(19)13-21(30)26-20(25)9-8-18(24)15-5-3-7-17(23)11-15/h3,5,7-9,11,14H,4,6,10,12-13,24-25H2,1-2H3,(H,26,30)/b18-8-,20-9+. The third kappa shape index (κ3) is 6.98. The highest BCUT2D eigenvalue weighted by Crippen LogP contribution is 2.24. The van der Waals surface area contributed by atoms with Gasteiger partial charge in [0.05, 0.1) is 13.0 Å². The molecular formula is C22H28FN5O3. The predicted molar refractivity (Wildman–Crippen MR) is 116 cm³/mol. The molecule has 1 aliphatic rings. The van der Waals surface area contributed by atoms with Gasteiger partial charge in [0.15, 0.2) is 0 Å².